The molecule has 2 rings (SSSR count). The molecule has 1 unspecified atom stereocenters. The molecule has 1 atom stereocenters. The molecule has 0 aliphatic rings. The highest BCUT2D eigenvalue weighted by Gasteiger charge is 2.03. The second-order valence-electron chi connectivity index (χ2n) is 4.96. The molecule has 0 amide bonds. The normalized spacial score (nSPS) is 11.8. The SMILES string of the molecule is C#CCC(CC)NCc1ccc(-c2ccccc2)cc1. The predicted molar refractivity (Wildman–Crippen MR) is 86.2 cm³/mol. The monoisotopic (exact) mass is 263 g/mol. The van der Waals surface area contributed by atoms with E-state index >= 15 is 0 Å². The van der Waals surface area contributed by atoms with E-state index in [0.717, 1.165) is 19.4 Å². The fourth-order valence-electron chi connectivity index (χ4n) is 2.21. The minimum atomic E-state index is 0.411. The van der Waals surface area contributed by atoms with E-state index in [-0.39, 0.29) is 0 Å². The molecule has 0 bridgehead atoms. The van der Waals surface area contributed by atoms with Crippen molar-refractivity contribution in [3.05, 3.63) is 60.2 Å². The molecule has 1 N–H and O–H groups in total. The van der Waals surface area contributed by atoms with Crippen LogP contribution in [-0.2, 0) is 6.54 Å². The van der Waals surface area contributed by atoms with Gasteiger partial charge in [0.2, 0.25) is 0 Å². The average molecular weight is 263 g/mol. The van der Waals surface area contributed by atoms with Crippen LogP contribution in [0, 0.1) is 12.3 Å². The first-order valence-corrected chi connectivity index (χ1v) is 7.14. The second-order valence-corrected chi connectivity index (χ2v) is 4.96. The lowest BCUT2D eigenvalue weighted by Crippen LogP contribution is -2.27. The van der Waals surface area contributed by atoms with Gasteiger partial charge < -0.3 is 5.32 Å². The molecular formula is C19H21N. The van der Waals surface area contributed by atoms with Crippen LogP contribution in [0.1, 0.15) is 25.3 Å². The predicted octanol–water partition coefficient (Wildman–Crippen LogP) is 4.25. The smallest absolute Gasteiger partial charge is 0.0240 e. The first-order valence-electron chi connectivity index (χ1n) is 7.14. The van der Waals surface area contributed by atoms with E-state index in [0.29, 0.717) is 6.04 Å². The molecule has 0 radical (unpaired) electrons. The number of rotatable bonds is 6. The Hall–Kier alpha value is -2.04. The van der Waals surface area contributed by atoms with Crippen LogP contribution in [0.3, 0.4) is 0 Å². The highest BCUT2D eigenvalue weighted by atomic mass is 14.9. The van der Waals surface area contributed by atoms with E-state index in [1.54, 1.807) is 0 Å². The van der Waals surface area contributed by atoms with Crippen LogP contribution >= 0.6 is 0 Å². The molecule has 2 aromatic rings. The fourth-order valence-corrected chi connectivity index (χ4v) is 2.21. The largest absolute Gasteiger partial charge is 0.309 e. The maximum atomic E-state index is 5.37. The number of benzene rings is 2. The lowest BCUT2D eigenvalue weighted by molar-refractivity contribution is 0.507. The summed E-state index contributed by atoms with van der Waals surface area (Å²) < 4.78 is 0. The van der Waals surface area contributed by atoms with E-state index in [1.165, 1.54) is 16.7 Å². The van der Waals surface area contributed by atoms with Gasteiger partial charge in [-0.2, -0.15) is 0 Å². The van der Waals surface area contributed by atoms with Crippen LogP contribution in [0.5, 0.6) is 0 Å². The number of hydrogen-bond acceptors (Lipinski definition) is 1. The van der Waals surface area contributed by atoms with Crippen LogP contribution in [-0.4, -0.2) is 6.04 Å². The lowest BCUT2D eigenvalue weighted by atomic mass is 10.0. The van der Waals surface area contributed by atoms with Gasteiger partial charge in [0.1, 0.15) is 0 Å². The van der Waals surface area contributed by atoms with Crippen LogP contribution in [0.2, 0.25) is 0 Å². The van der Waals surface area contributed by atoms with Gasteiger partial charge in [0.15, 0.2) is 0 Å². The lowest BCUT2D eigenvalue weighted by Gasteiger charge is -2.14. The Balaban J connectivity index is 1.97. The van der Waals surface area contributed by atoms with Gasteiger partial charge in [-0.1, -0.05) is 61.5 Å². The van der Waals surface area contributed by atoms with Crippen LogP contribution < -0.4 is 5.32 Å². The molecule has 2 aromatic carbocycles. The Bertz CT molecular complexity index is 549. The summed E-state index contributed by atoms with van der Waals surface area (Å²) in [6.45, 7) is 3.03. The Labute approximate surface area is 122 Å². The van der Waals surface area contributed by atoms with Crippen LogP contribution in [0.15, 0.2) is 54.6 Å². The summed E-state index contributed by atoms with van der Waals surface area (Å²) >= 11 is 0. The second kappa shape index (κ2) is 7.53. The maximum Gasteiger partial charge on any atom is 0.0240 e. The van der Waals surface area contributed by atoms with Gasteiger partial charge in [-0.15, -0.1) is 12.3 Å². The van der Waals surface area contributed by atoms with Crippen molar-refractivity contribution in [2.24, 2.45) is 0 Å². The number of terminal acetylenes is 1. The third-order valence-electron chi connectivity index (χ3n) is 3.51. The Morgan fingerprint density at radius 1 is 1.00 bits per heavy atom. The summed E-state index contributed by atoms with van der Waals surface area (Å²) in [5.41, 5.74) is 3.80. The van der Waals surface area contributed by atoms with Crippen molar-refractivity contribution in [3.8, 4) is 23.5 Å². The molecule has 0 fully saturated rings. The van der Waals surface area contributed by atoms with Gasteiger partial charge in [-0.05, 0) is 23.1 Å². The highest BCUT2D eigenvalue weighted by molar-refractivity contribution is 5.63. The van der Waals surface area contributed by atoms with E-state index in [1.807, 2.05) is 6.07 Å². The molecule has 1 heteroatoms. The van der Waals surface area contributed by atoms with Gasteiger partial charge >= 0.3 is 0 Å². The molecule has 0 saturated heterocycles. The number of nitrogens with one attached hydrogen (secondary N) is 1. The summed E-state index contributed by atoms with van der Waals surface area (Å²) in [5.74, 6) is 2.72. The van der Waals surface area contributed by atoms with Gasteiger partial charge in [0, 0.05) is 19.0 Å². The maximum absolute atomic E-state index is 5.37. The van der Waals surface area contributed by atoms with Crippen LogP contribution in [0.4, 0.5) is 0 Å². The summed E-state index contributed by atoms with van der Waals surface area (Å²) in [4.78, 5) is 0. The molecule has 0 spiro atoms. The number of hydrogen-bond donors (Lipinski definition) is 1. The Kier molecular flexibility index (Phi) is 5.41. The molecule has 0 aliphatic heterocycles. The Morgan fingerprint density at radius 2 is 1.65 bits per heavy atom. The van der Waals surface area contributed by atoms with E-state index < -0.39 is 0 Å². The Morgan fingerprint density at radius 3 is 2.25 bits per heavy atom. The molecule has 0 heterocycles. The van der Waals surface area contributed by atoms with Crippen molar-refractivity contribution >= 4 is 0 Å². The van der Waals surface area contributed by atoms with Crippen molar-refractivity contribution in [2.45, 2.75) is 32.4 Å². The van der Waals surface area contributed by atoms with E-state index in [9.17, 15) is 0 Å². The van der Waals surface area contributed by atoms with Gasteiger partial charge in [-0.25, -0.2) is 0 Å². The average Bonchev–Trinajstić information content (AvgIpc) is 2.53. The van der Waals surface area contributed by atoms with Crippen molar-refractivity contribution in [1.82, 2.24) is 5.32 Å². The zero-order valence-corrected chi connectivity index (χ0v) is 12.0. The zero-order chi connectivity index (χ0) is 14.2. The zero-order valence-electron chi connectivity index (χ0n) is 12.0. The molecule has 102 valence electrons. The highest BCUT2D eigenvalue weighted by Crippen LogP contribution is 2.19. The first-order chi connectivity index (χ1) is 9.83. The van der Waals surface area contributed by atoms with Gasteiger partial charge in [0.05, 0.1) is 0 Å². The van der Waals surface area contributed by atoms with Gasteiger partial charge in [0.25, 0.3) is 0 Å². The molecule has 0 aromatic heterocycles. The van der Waals surface area contributed by atoms with Gasteiger partial charge in [-0.3, -0.25) is 0 Å². The van der Waals surface area contributed by atoms with E-state index in [2.05, 4.69) is 66.7 Å². The third-order valence-corrected chi connectivity index (χ3v) is 3.51. The van der Waals surface area contributed by atoms with Crippen molar-refractivity contribution in [3.63, 3.8) is 0 Å². The summed E-state index contributed by atoms with van der Waals surface area (Å²) in [5, 5.41) is 3.50. The third kappa shape index (κ3) is 3.98. The molecule has 0 aliphatic carbocycles. The minimum absolute atomic E-state index is 0.411. The molecule has 0 saturated carbocycles. The minimum Gasteiger partial charge on any atom is -0.309 e. The topological polar surface area (TPSA) is 12.0 Å². The summed E-state index contributed by atoms with van der Waals surface area (Å²) in [6, 6.07) is 19.6. The molecule has 1 nitrogen and oxygen atoms in total. The molecule has 20 heavy (non-hydrogen) atoms. The quantitative estimate of drug-likeness (QED) is 0.768. The summed E-state index contributed by atoms with van der Waals surface area (Å²) in [7, 11) is 0. The van der Waals surface area contributed by atoms with Crippen LogP contribution in [0.25, 0.3) is 11.1 Å². The molecular weight excluding hydrogens is 242 g/mol. The van der Waals surface area contributed by atoms with Crippen molar-refractivity contribution in [1.29, 1.82) is 0 Å². The van der Waals surface area contributed by atoms with E-state index in [4.69, 9.17) is 6.42 Å². The first kappa shape index (κ1) is 14.4. The van der Waals surface area contributed by atoms with Crippen molar-refractivity contribution < 1.29 is 0 Å². The summed E-state index contributed by atoms with van der Waals surface area (Å²) in [6.07, 6.45) is 7.22. The standard InChI is InChI=1S/C19H21N/c1-3-8-19(4-2)20-15-16-11-13-18(14-12-16)17-9-6-5-7-10-17/h1,5-7,9-14,19-20H,4,8,15H2,2H3. The van der Waals surface area contributed by atoms with Crippen molar-refractivity contribution in [2.75, 3.05) is 0 Å². The fraction of sp³-hybridized carbons (Fsp3) is 0.263.